The second kappa shape index (κ2) is 9.90. The summed E-state index contributed by atoms with van der Waals surface area (Å²) in [4.78, 5) is 20.0. The van der Waals surface area contributed by atoms with Crippen LogP contribution in [-0.4, -0.2) is 63.3 Å². The Kier molecular flexibility index (Phi) is 6.55. The number of ether oxygens (including phenoxy) is 1. The minimum atomic E-state index is 0.683. The number of nitrogens with one attached hydrogen (secondary N) is 1. The number of piperazine rings is 1. The third-order valence-corrected chi connectivity index (χ3v) is 7.00. The molecule has 0 radical (unpaired) electrons. The molecular weight excluding hydrogens is 446 g/mol. The van der Waals surface area contributed by atoms with Gasteiger partial charge in [0.15, 0.2) is 11.0 Å². The maximum atomic E-state index is 5.26. The van der Waals surface area contributed by atoms with Gasteiger partial charge in [-0.2, -0.15) is 5.10 Å². The molecule has 176 valence electrons. The van der Waals surface area contributed by atoms with Crippen LogP contribution in [0.4, 0.5) is 5.13 Å². The molecule has 34 heavy (non-hydrogen) atoms. The number of aromatic nitrogens is 5. The molecule has 5 rings (SSSR count). The fourth-order valence-electron chi connectivity index (χ4n) is 4.19. The molecule has 0 saturated carbocycles. The Morgan fingerprint density at radius 3 is 2.50 bits per heavy atom. The minimum Gasteiger partial charge on any atom is -0.497 e. The highest BCUT2D eigenvalue weighted by molar-refractivity contribution is 7.18. The molecule has 3 aromatic heterocycles. The molecule has 1 aliphatic rings. The van der Waals surface area contributed by atoms with Crippen LogP contribution >= 0.6 is 11.3 Å². The standard InChI is InChI=1S/C25H29N7OS/c1-17-12-20(14-21-13-18(2)29-30-21)28-24(27-17)23-15-26-25(34-23)32-10-8-31(9-11-32)16-19-4-6-22(33-3)7-5-19/h4-7,12-13,15H,8-11,14,16H2,1-3H3,(H,29,30). The number of hydrogen-bond donors (Lipinski definition) is 1. The molecule has 1 N–H and O–H groups in total. The maximum absolute atomic E-state index is 5.26. The Labute approximate surface area is 203 Å². The van der Waals surface area contributed by atoms with E-state index in [2.05, 4.69) is 43.2 Å². The summed E-state index contributed by atoms with van der Waals surface area (Å²) in [6.45, 7) is 8.91. The number of benzene rings is 1. The lowest BCUT2D eigenvalue weighted by Gasteiger charge is -2.34. The number of nitrogens with zero attached hydrogens (tertiary/aromatic N) is 6. The van der Waals surface area contributed by atoms with Crippen LogP contribution in [0.1, 0.15) is 28.3 Å². The van der Waals surface area contributed by atoms with E-state index in [0.29, 0.717) is 6.42 Å². The van der Waals surface area contributed by atoms with Crippen molar-refractivity contribution in [1.29, 1.82) is 0 Å². The van der Waals surface area contributed by atoms with Gasteiger partial charge in [0.25, 0.3) is 0 Å². The Bertz CT molecular complexity index is 1240. The zero-order valence-corrected chi connectivity index (χ0v) is 20.6. The summed E-state index contributed by atoms with van der Waals surface area (Å²) >= 11 is 1.67. The van der Waals surface area contributed by atoms with E-state index in [1.54, 1.807) is 18.4 Å². The molecule has 0 bridgehead atoms. The Hall–Kier alpha value is -3.30. The van der Waals surface area contributed by atoms with Crippen molar-refractivity contribution >= 4 is 16.5 Å². The Morgan fingerprint density at radius 2 is 1.79 bits per heavy atom. The highest BCUT2D eigenvalue weighted by Gasteiger charge is 2.20. The molecule has 9 heteroatoms. The van der Waals surface area contributed by atoms with Crippen molar-refractivity contribution in [1.82, 2.24) is 30.0 Å². The monoisotopic (exact) mass is 475 g/mol. The number of hydrogen-bond acceptors (Lipinski definition) is 8. The Morgan fingerprint density at radius 1 is 1.00 bits per heavy atom. The molecule has 0 amide bonds. The average Bonchev–Trinajstić information content (AvgIpc) is 3.49. The average molecular weight is 476 g/mol. The zero-order valence-electron chi connectivity index (χ0n) is 19.8. The zero-order chi connectivity index (χ0) is 23.5. The van der Waals surface area contributed by atoms with E-state index in [1.165, 1.54) is 5.56 Å². The van der Waals surface area contributed by atoms with Crippen LogP contribution in [0.25, 0.3) is 10.7 Å². The molecule has 1 aromatic carbocycles. The van der Waals surface area contributed by atoms with Crippen molar-refractivity contribution in [3.05, 3.63) is 70.9 Å². The van der Waals surface area contributed by atoms with E-state index in [-0.39, 0.29) is 0 Å². The van der Waals surface area contributed by atoms with Crippen molar-refractivity contribution in [2.24, 2.45) is 0 Å². The van der Waals surface area contributed by atoms with E-state index in [0.717, 1.165) is 77.1 Å². The second-order valence-electron chi connectivity index (χ2n) is 8.66. The third kappa shape index (κ3) is 5.26. The fourth-order valence-corrected chi connectivity index (χ4v) is 5.09. The summed E-state index contributed by atoms with van der Waals surface area (Å²) in [7, 11) is 1.70. The molecule has 1 fully saturated rings. The van der Waals surface area contributed by atoms with Crippen LogP contribution in [0.5, 0.6) is 5.75 Å². The summed E-state index contributed by atoms with van der Waals surface area (Å²) in [5.74, 6) is 1.64. The largest absolute Gasteiger partial charge is 0.497 e. The van der Waals surface area contributed by atoms with Crippen molar-refractivity contribution in [3.63, 3.8) is 0 Å². The van der Waals surface area contributed by atoms with Gasteiger partial charge in [-0.15, -0.1) is 0 Å². The van der Waals surface area contributed by atoms with Gasteiger partial charge in [-0.1, -0.05) is 23.5 Å². The molecule has 1 saturated heterocycles. The van der Waals surface area contributed by atoms with Crippen LogP contribution < -0.4 is 9.64 Å². The van der Waals surface area contributed by atoms with Crippen molar-refractivity contribution in [2.45, 2.75) is 26.8 Å². The first kappa shape index (κ1) is 22.5. The predicted octanol–water partition coefficient (Wildman–Crippen LogP) is 3.86. The molecule has 0 spiro atoms. The number of methoxy groups -OCH3 is 1. The molecule has 8 nitrogen and oxygen atoms in total. The lowest BCUT2D eigenvalue weighted by molar-refractivity contribution is 0.249. The molecule has 4 aromatic rings. The smallest absolute Gasteiger partial charge is 0.186 e. The quantitative estimate of drug-likeness (QED) is 0.435. The number of aromatic amines is 1. The third-order valence-electron chi connectivity index (χ3n) is 5.95. The van der Waals surface area contributed by atoms with E-state index in [4.69, 9.17) is 14.7 Å². The number of H-pyrrole nitrogens is 1. The number of anilines is 1. The van der Waals surface area contributed by atoms with Gasteiger partial charge in [-0.3, -0.25) is 10.00 Å². The molecular formula is C25H29N7OS. The topological polar surface area (TPSA) is 83.1 Å². The van der Waals surface area contributed by atoms with Gasteiger partial charge in [0, 0.05) is 50.5 Å². The first-order valence-corrected chi connectivity index (χ1v) is 12.3. The maximum Gasteiger partial charge on any atom is 0.186 e. The summed E-state index contributed by atoms with van der Waals surface area (Å²) in [6.07, 6.45) is 2.59. The van der Waals surface area contributed by atoms with Gasteiger partial charge >= 0.3 is 0 Å². The van der Waals surface area contributed by atoms with Gasteiger partial charge < -0.3 is 9.64 Å². The van der Waals surface area contributed by atoms with Crippen LogP contribution in [0.2, 0.25) is 0 Å². The van der Waals surface area contributed by atoms with Crippen LogP contribution in [-0.2, 0) is 13.0 Å². The van der Waals surface area contributed by atoms with E-state index >= 15 is 0 Å². The van der Waals surface area contributed by atoms with Gasteiger partial charge in [0.2, 0.25) is 0 Å². The van der Waals surface area contributed by atoms with Crippen LogP contribution in [0.3, 0.4) is 0 Å². The van der Waals surface area contributed by atoms with Gasteiger partial charge in [-0.25, -0.2) is 15.0 Å². The summed E-state index contributed by atoms with van der Waals surface area (Å²) in [5, 5.41) is 8.37. The normalized spacial score (nSPS) is 14.5. The molecule has 1 aliphatic heterocycles. The predicted molar refractivity (Wildman–Crippen MR) is 134 cm³/mol. The van der Waals surface area contributed by atoms with E-state index < -0.39 is 0 Å². The van der Waals surface area contributed by atoms with Gasteiger partial charge in [0.1, 0.15) is 5.75 Å². The van der Waals surface area contributed by atoms with Crippen LogP contribution in [0, 0.1) is 13.8 Å². The van der Waals surface area contributed by atoms with E-state index in [9.17, 15) is 0 Å². The summed E-state index contributed by atoms with van der Waals surface area (Å²) in [6, 6.07) is 12.4. The number of thiazole rings is 1. The van der Waals surface area contributed by atoms with Gasteiger partial charge in [0.05, 0.1) is 29.6 Å². The van der Waals surface area contributed by atoms with Crippen molar-refractivity contribution in [2.75, 3.05) is 38.2 Å². The second-order valence-corrected chi connectivity index (χ2v) is 9.67. The van der Waals surface area contributed by atoms with Gasteiger partial charge in [-0.05, 0) is 43.7 Å². The summed E-state index contributed by atoms with van der Waals surface area (Å²) < 4.78 is 5.26. The highest BCUT2D eigenvalue weighted by Crippen LogP contribution is 2.30. The first-order chi connectivity index (χ1) is 16.6. The van der Waals surface area contributed by atoms with Crippen LogP contribution in [0.15, 0.2) is 42.6 Å². The van der Waals surface area contributed by atoms with Crippen molar-refractivity contribution < 1.29 is 4.74 Å². The molecule has 0 aliphatic carbocycles. The summed E-state index contributed by atoms with van der Waals surface area (Å²) in [5.41, 5.74) is 5.27. The fraction of sp³-hybridized carbons (Fsp3) is 0.360. The molecule has 0 atom stereocenters. The van der Waals surface area contributed by atoms with E-state index in [1.807, 2.05) is 38.2 Å². The lowest BCUT2D eigenvalue weighted by Crippen LogP contribution is -2.45. The number of aryl methyl sites for hydroxylation is 2. The lowest BCUT2D eigenvalue weighted by atomic mass is 10.2. The highest BCUT2D eigenvalue weighted by atomic mass is 32.1. The minimum absolute atomic E-state index is 0.683. The molecule has 0 unspecified atom stereocenters. The number of rotatable bonds is 7. The molecule has 4 heterocycles. The Balaban J connectivity index is 1.22. The van der Waals surface area contributed by atoms with Crippen molar-refractivity contribution in [3.8, 4) is 16.5 Å². The SMILES string of the molecule is COc1ccc(CN2CCN(c3ncc(-c4nc(C)cc(Cc5cc(C)[nH]n5)n4)s3)CC2)cc1. The first-order valence-electron chi connectivity index (χ1n) is 11.5.